The Labute approximate surface area is 119 Å². The summed E-state index contributed by atoms with van der Waals surface area (Å²) in [6, 6.07) is 2.10. The summed E-state index contributed by atoms with van der Waals surface area (Å²) in [7, 11) is 0. The van der Waals surface area contributed by atoms with Crippen molar-refractivity contribution in [1.82, 2.24) is 5.32 Å². The van der Waals surface area contributed by atoms with Crippen LogP contribution in [0.3, 0.4) is 0 Å². The molecule has 0 saturated carbocycles. The van der Waals surface area contributed by atoms with Gasteiger partial charge in [0.1, 0.15) is 5.82 Å². The highest BCUT2D eigenvalue weighted by Crippen LogP contribution is 2.32. The lowest BCUT2D eigenvalue weighted by atomic mass is 10.00. The van der Waals surface area contributed by atoms with Crippen molar-refractivity contribution in [2.75, 3.05) is 0 Å². The van der Waals surface area contributed by atoms with Crippen molar-refractivity contribution in [1.29, 1.82) is 0 Å². The Kier molecular flexibility index (Phi) is 4.69. The molecule has 1 amide bonds. The molecule has 0 heterocycles. The van der Waals surface area contributed by atoms with Crippen molar-refractivity contribution >= 4 is 17.5 Å². The number of carbonyl (C=O) groups is 1. The van der Waals surface area contributed by atoms with Crippen molar-refractivity contribution in [3.63, 3.8) is 0 Å². The molecule has 0 fully saturated rings. The molecule has 1 aromatic carbocycles. The maximum absolute atomic E-state index is 13.1. The third-order valence-electron chi connectivity index (χ3n) is 2.96. The van der Waals surface area contributed by atoms with E-state index in [0.717, 1.165) is 6.07 Å². The Balaban J connectivity index is 3.07. The van der Waals surface area contributed by atoms with Gasteiger partial charge < -0.3 is 5.32 Å². The molecule has 2 nitrogen and oxygen atoms in total. The van der Waals surface area contributed by atoms with Gasteiger partial charge in [-0.15, -0.1) is 11.6 Å². The predicted octanol–water partition coefficient (Wildman–Crippen LogP) is 3.98. The Morgan fingerprint density at radius 2 is 1.85 bits per heavy atom. The van der Waals surface area contributed by atoms with Gasteiger partial charge >= 0.3 is 6.18 Å². The number of nitrogens with one attached hydrogen (secondary N) is 1. The second-order valence-electron chi connectivity index (χ2n) is 4.98. The molecule has 1 N–H and O–H groups in total. The zero-order chi connectivity index (χ0) is 15.7. The van der Waals surface area contributed by atoms with Crippen molar-refractivity contribution in [2.24, 2.45) is 0 Å². The number of amides is 1. The largest absolute Gasteiger partial charge is 0.419 e. The van der Waals surface area contributed by atoms with E-state index >= 15 is 0 Å². The van der Waals surface area contributed by atoms with Gasteiger partial charge in [-0.1, -0.05) is 0 Å². The fraction of sp³-hybridized carbons (Fsp3) is 0.462. The van der Waals surface area contributed by atoms with Crippen LogP contribution in [0.5, 0.6) is 0 Å². The number of benzene rings is 1. The van der Waals surface area contributed by atoms with Gasteiger partial charge in [0.15, 0.2) is 0 Å². The summed E-state index contributed by atoms with van der Waals surface area (Å²) < 4.78 is 50.8. The van der Waals surface area contributed by atoms with Crippen LogP contribution in [0.2, 0.25) is 0 Å². The molecule has 1 aromatic rings. The second-order valence-corrected chi connectivity index (χ2v) is 5.64. The van der Waals surface area contributed by atoms with Gasteiger partial charge in [0.25, 0.3) is 5.91 Å². The minimum atomic E-state index is -4.85. The van der Waals surface area contributed by atoms with Crippen LogP contribution in [-0.2, 0) is 6.18 Å². The Morgan fingerprint density at radius 1 is 1.30 bits per heavy atom. The molecule has 112 valence electrons. The standard InChI is InChI=1S/C13H14ClF4NO/c1-7(14)12(2,3)19-11(20)8-4-5-10(15)9(6-8)13(16,17)18/h4-7H,1-3H3,(H,19,20). The summed E-state index contributed by atoms with van der Waals surface area (Å²) in [5.41, 5.74) is -2.56. The molecular formula is C13H14ClF4NO. The van der Waals surface area contributed by atoms with E-state index in [0.29, 0.717) is 12.1 Å². The minimum absolute atomic E-state index is 0.274. The molecule has 0 aliphatic rings. The highest BCUT2D eigenvalue weighted by Gasteiger charge is 2.35. The zero-order valence-electron chi connectivity index (χ0n) is 11.1. The first-order valence-corrected chi connectivity index (χ1v) is 6.22. The number of hydrogen-bond donors (Lipinski definition) is 1. The van der Waals surface area contributed by atoms with Gasteiger partial charge in [-0.2, -0.15) is 13.2 Å². The molecule has 7 heteroatoms. The van der Waals surface area contributed by atoms with Crippen LogP contribution in [-0.4, -0.2) is 16.8 Å². The second kappa shape index (κ2) is 5.60. The number of rotatable bonds is 3. The summed E-state index contributed by atoms with van der Waals surface area (Å²) >= 11 is 5.88. The maximum Gasteiger partial charge on any atom is 0.419 e. The smallest absolute Gasteiger partial charge is 0.346 e. The van der Waals surface area contributed by atoms with Gasteiger partial charge in [-0.25, -0.2) is 4.39 Å². The summed E-state index contributed by atoms with van der Waals surface area (Å²) in [5.74, 6) is -2.16. The van der Waals surface area contributed by atoms with Gasteiger partial charge in [0.05, 0.1) is 16.5 Å². The van der Waals surface area contributed by atoms with Crippen LogP contribution in [0.25, 0.3) is 0 Å². The summed E-state index contributed by atoms with van der Waals surface area (Å²) in [6.07, 6.45) is -4.85. The van der Waals surface area contributed by atoms with Crippen molar-refractivity contribution in [3.05, 3.63) is 35.1 Å². The average Bonchev–Trinajstić information content (AvgIpc) is 2.26. The zero-order valence-corrected chi connectivity index (χ0v) is 11.9. The maximum atomic E-state index is 13.1. The molecular weight excluding hydrogens is 298 g/mol. The lowest BCUT2D eigenvalue weighted by Gasteiger charge is -2.29. The summed E-state index contributed by atoms with van der Waals surface area (Å²) in [5, 5.41) is 2.07. The van der Waals surface area contributed by atoms with Gasteiger partial charge in [-0.05, 0) is 39.0 Å². The highest BCUT2D eigenvalue weighted by atomic mass is 35.5. The monoisotopic (exact) mass is 311 g/mol. The molecule has 0 radical (unpaired) electrons. The topological polar surface area (TPSA) is 29.1 Å². The molecule has 1 atom stereocenters. The Hall–Kier alpha value is -1.30. The quantitative estimate of drug-likeness (QED) is 0.664. The van der Waals surface area contributed by atoms with Crippen molar-refractivity contribution in [2.45, 2.75) is 37.9 Å². The molecule has 0 spiro atoms. The molecule has 0 aliphatic heterocycles. The fourth-order valence-corrected chi connectivity index (χ4v) is 1.40. The SMILES string of the molecule is CC(Cl)C(C)(C)NC(=O)c1ccc(F)c(C(F)(F)F)c1. The van der Waals surface area contributed by atoms with Crippen LogP contribution >= 0.6 is 11.6 Å². The molecule has 0 aliphatic carbocycles. The van der Waals surface area contributed by atoms with E-state index in [2.05, 4.69) is 5.32 Å². The average molecular weight is 312 g/mol. The molecule has 1 unspecified atom stereocenters. The van der Waals surface area contributed by atoms with Crippen LogP contribution in [0.15, 0.2) is 18.2 Å². The Morgan fingerprint density at radius 3 is 2.30 bits per heavy atom. The van der Waals surface area contributed by atoms with Gasteiger partial charge in [0.2, 0.25) is 0 Å². The molecule has 0 aromatic heterocycles. The lowest BCUT2D eigenvalue weighted by Crippen LogP contribution is -2.49. The third-order valence-corrected chi connectivity index (χ3v) is 3.51. The molecule has 0 bridgehead atoms. The first-order valence-electron chi connectivity index (χ1n) is 5.78. The van der Waals surface area contributed by atoms with E-state index in [1.54, 1.807) is 20.8 Å². The first kappa shape index (κ1) is 16.8. The number of hydrogen-bond acceptors (Lipinski definition) is 1. The van der Waals surface area contributed by atoms with Crippen LogP contribution in [0, 0.1) is 5.82 Å². The highest BCUT2D eigenvalue weighted by molar-refractivity contribution is 6.21. The van der Waals surface area contributed by atoms with Gasteiger partial charge in [-0.3, -0.25) is 4.79 Å². The van der Waals surface area contributed by atoms with E-state index < -0.39 is 34.4 Å². The van der Waals surface area contributed by atoms with E-state index in [1.165, 1.54) is 0 Å². The fourth-order valence-electron chi connectivity index (χ4n) is 1.35. The van der Waals surface area contributed by atoms with Gasteiger partial charge in [0, 0.05) is 5.56 Å². The minimum Gasteiger partial charge on any atom is -0.346 e. The van der Waals surface area contributed by atoms with Crippen molar-refractivity contribution in [3.8, 4) is 0 Å². The van der Waals surface area contributed by atoms with Crippen LogP contribution < -0.4 is 5.32 Å². The lowest BCUT2D eigenvalue weighted by molar-refractivity contribution is -0.140. The number of halogens is 5. The van der Waals surface area contributed by atoms with E-state index in [4.69, 9.17) is 11.6 Å². The summed E-state index contributed by atoms with van der Waals surface area (Å²) in [6.45, 7) is 4.92. The number of carbonyl (C=O) groups excluding carboxylic acids is 1. The summed E-state index contributed by atoms with van der Waals surface area (Å²) in [4.78, 5) is 11.9. The van der Waals surface area contributed by atoms with E-state index in [9.17, 15) is 22.4 Å². The molecule has 1 rings (SSSR count). The first-order chi connectivity index (χ1) is 8.95. The number of alkyl halides is 4. The third kappa shape index (κ3) is 3.85. The normalized spacial score (nSPS) is 14.0. The van der Waals surface area contributed by atoms with E-state index in [1.807, 2.05) is 0 Å². The predicted molar refractivity (Wildman–Crippen MR) is 68.3 cm³/mol. The van der Waals surface area contributed by atoms with Crippen LogP contribution in [0.1, 0.15) is 36.7 Å². The van der Waals surface area contributed by atoms with Crippen LogP contribution in [0.4, 0.5) is 17.6 Å². The van der Waals surface area contributed by atoms with Crippen molar-refractivity contribution < 1.29 is 22.4 Å². The molecule has 0 saturated heterocycles. The Bertz CT molecular complexity index is 512. The van der Waals surface area contributed by atoms with E-state index in [-0.39, 0.29) is 5.56 Å². The molecule has 20 heavy (non-hydrogen) atoms.